The molecule has 0 bridgehead atoms. The van der Waals surface area contributed by atoms with E-state index < -0.39 is 5.97 Å². The summed E-state index contributed by atoms with van der Waals surface area (Å²) in [7, 11) is 0. The molecular weight excluding hydrogens is 182 g/mol. The maximum absolute atomic E-state index is 10.8. The van der Waals surface area contributed by atoms with Crippen LogP contribution in [0.4, 0.5) is 0 Å². The van der Waals surface area contributed by atoms with Gasteiger partial charge in [0.2, 0.25) is 0 Å². The summed E-state index contributed by atoms with van der Waals surface area (Å²) >= 11 is 0. The van der Waals surface area contributed by atoms with E-state index in [0.29, 0.717) is 32.6 Å². The first-order valence-electron chi connectivity index (χ1n) is 5.23. The molecular formula is C10H21NO3. The molecule has 0 fully saturated rings. The van der Waals surface area contributed by atoms with Crippen LogP contribution in [-0.4, -0.2) is 30.8 Å². The quantitative estimate of drug-likeness (QED) is 0.553. The second-order valence-electron chi connectivity index (χ2n) is 3.31. The molecule has 0 aliphatic carbocycles. The van der Waals surface area contributed by atoms with Crippen molar-refractivity contribution in [2.24, 2.45) is 11.7 Å². The van der Waals surface area contributed by atoms with E-state index >= 15 is 0 Å². The third-order valence-corrected chi connectivity index (χ3v) is 2.17. The van der Waals surface area contributed by atoms with Gasteiger partial charge in [-0.25, -0.2) is 0 Å². The van der Waals surface area contributed by atoms with Crippen molar-refractivity contribution < 1.29 is 14.6 Å². The second-order valence-corrected chi connectivity index (χ2v) is 3.31. The average Bonchev–Trinajstić information content (AvgIpc) is 2.15. The maximum Gasteiger partial charge on any atom is 0.306 e. The van der Waals surface area contributed by atoms with Crippen LogP contribution in [0.25, 0.3) is 0 Å². The molecule has 0 aromatic carbocycles. The summed E-state index contributed by atoms with van der Waals surface area (Å²) in [4.78, 5) is 10.8. The lowest BCUT2D eigenvalue weighted by Gasteiger charge is -2.11. The van der Waals surface area contributed by atoms with Crippen molar-refractivity contribution in [2.45, 2.75) is 32.6 Å². The summed E-state index contributed by atoms with van der Waals surface area (Å²) < 4.78 is 5.13. The Balaban J connectivity index is 3.61. The Labute approximate surface area is 85.4 Å². The highest BCUT2D eigenvalue weighted by atomic mass is 16.5. The van der Waals surface area contributed by atoms with Gasteiger partial charge in [0.05, 0.1) is 5.92 Å². The van der Waals surface area contributed by atoms with Gasteiger partial charge in [-0.15, -0.1) is 0 Å². The Kier molecular flexibility index (Phi) is 8.57. The van der Waals surface area contributed by atoms with Crippen molar-refractivity contribution in [3.05, 3.63) is 0 Å². The van der Waals surface area contributed by atoms with E-state index in [1.807, 2.05) is 6.92 Å². The molecule has 1 unspecified atom stereocenters. The summed E-state index contributed by atoms with van der Waals surface area (Å²) in [5.74, 6) is -0.991. The van der Waals surface area contributed by atoms with Gasteiger partial charge in [-0.2, -0.15) is 0 Å². The topological polar surface area (TPSA) is 72.5 Å². The SMILES string of the molecule is CCOCCC(CCCCN)C(=O)O. The number of carboxylic acids is 1. The number of unbranched alkanes of at least 4 members (excludes halogenated alkanes) is 1. The maximum atomic E-state index is 10.8. The van der Waals surface area contributed by atoms with Gasteiger partial charge in [-0.05, 0) is 32.7 Å². The predicted molar refractivity (Wildman–Crippen MR) is 55.1 cm³/mol. The summed E-state index contributed by atoms with van der Waals surface area (Å²) in [6.07, 6.45) is 3.10. The van der Waals surface area contributed by atoms with Gasteiger partial charge in [0.25, 0.3) is 0 Å². The van der Waals surface area contributed by atoms with Crippen LogP contribution in [0.2, 0.25) is 0 Å². The van der Waals surface area contributed by atoms with Crippen LogP contribution in [0.3, 0.4) is 0 Å². The Morgan fingerprint density at radius 2 is 2.14 bits per heavy atom. The molecule has 0 aromatic heterocycles. The molecule has 4 heteroatoms. The van der Waals surface area contributed by atoms with Crippen molar-refractivity contribution in [3.8, 4) is 0 Å². The zero-order valence-electron chi connectivity index (χ0n) is 8.87. The van der Waals surface area contributed by atoms with Crippen molar-refractivity contribution in [3.63, 3.8) is 0 Å². The van der Waals surface area contributed by atoms with E-state index in [4.69, 9.17) is 15.6 Å². The first-order chi connectivity index (χ1) is 6.72. The molecule has 0 aliphatic rings. The zero-order chi connectivity index (χ0) is 10.8. The first-order valence-corrected chi connectivity index (χ1v) is 5.23. The van der Waals surface area contributed by atoms with Crippen molar-refractivity contribution in [1.82, 2.24) is 0 Å². The molecule has 0 aliphatic heterocycles. The summed E-state index contributed by atoms with van der Waals surface area (Å²) in [5.41, 5.74) is 5.34. The smallest absolute Gasteiger partial charge is 0.306 e. The molecule has 0 aromatic rings. The minimum atomic E-state index is -0.721. The van der Waals surface area contributed by atoms with Crippen LogP contribution in [-0.2, 0) is 9.53 Å². The van der Waals surface area contributed by atoms with E-state index in [2.05, 4.69) is 0 Å². The molecule has 0 heterocycles. The van der Waals surface area contributed by atoms with Crippen LogP contribution >= 0.6 is 0 Å². The largest absolute Gasteiger partial charge is 0.481 e. The monoisotopic (exact) mass is 203 g/mol. The highest BCUT2D eigenvalue weighted by molar-refractivity contribution is 5.69. The molecule has 0 radical (unpaired) electrons. The van der Waals surface area contributed by atoms with E-state index in [0.717, 1.165) is 12.8 Å². The Hall–Kier alpha value is -0.610. The number of hydrogen-bond donors (Lipinski definition) is 2. The number of aliphatic carboxylic acids is 1. The van der Waals surface area contributed by atoms with E-state index in [-0.39, 0.29) is 5.92 Å². The lowest BCUT2D eigenvalue weighted by atomic mass is 9.99. The Morgan fingerprint density at radius 1 is 1.43 bits per heavy atom. The molecule has 0 rings (SSSR count). The van der Waals surface area contributed by atoms with Crippen molar-refractivity contribution in [2.75, 3.05) is 19.8 Å². The van der Waals surface area contributed by atoms with Gasteiger partial charge in [-0.1, -0.05) is 6.42 Å². The van der Waals surface area contributed by atoms with E-state index in [9.17, 15) is 4.79 Å². The highest BCUT2D eigenvalue weighted by Gasteiger charge is 2.16. The lowest BCUT2D eigenvalue weighted by Crippen LogP contribution is -2.16. The fraction of sp³-hybridized carbons (Fsp3) is 0.900. The second kappa shape index (κ2) is 8.97. The van der Waals surface area contributed by atoms with Crippen LogP contribution in [0.15, 0.2) is 0 Å². The molecule has 4 nitrogen and oxygen atoms in total. The van der Waals surface area contributed by atoms with Crippen LogP contribution in [0.5, 0.6) is 0 Å². The van der Waals surface area contributed by atoms with Gasteiger partial charge in [0.15, 0.2) is 0 Å². The molecule has 0 spiro atoms. The zero-order valence-corrected chi connectivity index (χ0v) is 8.87. The molecule has 84 valence electrons. The molecule has 14 heavy (non-hydrogen) atoms. The van der Waals surface area contributed by atoms with Crippen LogP contribution in [0.1, 0.15) is 32.6 Å². The number of carboxylic acid groups (broad SMARTS) is 1. The number of carbonyl (C=O) groups is 1. The third kappa shape index (κ3) is 6.86. The number of rotatable bonds is 9. The Morgan fingerprint density at radius 3 is 2.64 bits per heavy atom. The summed E-state index contributed by atoms with van der Waals surface area (Å²) in [6, 6.07) is 0. The number of hydrogen-bond acceptors (Lipinski definition) is 3. The molecule has 1 atom stereocenters. The van der Waals surface area contributed by atoms with Gasteiger partial charge >= 0.3 is 5.97 Å². The normalized spacial score (nSPS) is 12.7. The fourth-order valence-corrected chi connectivity index (χ4v) is 1.30. The van der Waals surface area contributed by atoms with Crippen molar-refractivity contribution in [1.29, 1.82) is 0 Å². The molecule has 3 N–H and O–H groups in total. The lowest BCUT2D eigenvalue weighted by molar-refractivity contribution is -0.142. The van der Waals surface area contributed by atoms with Gasteiger partial charge < -0.3 is 15.6 Å². The Bertz CT molecular complexity index is 140. The van der Waals surface area contributed by atoms with Crippen LogP contribution in [0, 0.1) is 5.92 Å². The highest BCUT2D eigenvalue weighted by Crippen LogP contribution is 2.12. The molecule has 0 amide bonds. The average molecular weight is 203 g/mol. The standard InChI is InChI=1S/C10H21NO3/c1-2-14-8-6-9(10(12)13)5-3-4-7-11/h9H,2-8,11H2,1H3,(H,12,13). The third-order valence-electron chi connectivity index (χ3n) is 2.17. The van der Waals surface area contributed by atoms with Gasteiger partial charge in [0.1, 0.15) is 0 Å². The molecule has 0 saturated carbocycles. The van der Waals surface area contributed by atoms with Gasteiger partial charge in [0, 0.05) is 13.2 Å². The van der Waals surface area contributed by atoms with E-state index in [1.54, 1.807) is 0 Å². The fourth-order valence-electron chi connectivity index (χ4n) is 1.30. The van der Waals surface area contributed by atoms with Crippen LogP contribution < -0.4 is 5.73 Å². The summed E-state index contributed by atoms with van der Waals surface area (Å²) in [5, 5.41) is 8.89. The minimum absolute atomic E-state index is 0.270. The number of nitrogens with two attached hydrogens (primary N) is 1. The first kappa shape index (κ1) is 13.4. The predicted octanol–water partition coefficient (Wildman–Crippen LogP) is 1.24. The molecule has 0 saturated heterocycles. The number of ether oxygens (including phenoxy) is 1. The van der Waals surface area contributed by atoms with E-state index in [1.165, 1.54) is 0 Å². The summed E-state index contributed by atoms with van der Waals surface area (Å²) in [6.45, 7) is 3.73. The minimum Gasteiger partial charge on any atom is -0.481 e. The van der Waals surface area contributed by atoms with Crippen molar-refractivity contribution >= 4 is 5.97 Å². The van der Waals surface area contributed by atoms with Gasteiger partial charge in [-0.3, -0.25) is 4.79 Å².